The van der Waals surface area contributed by atoms with Crippen LogP contribution in [-0.2, 0) is 0 Å². The Morgan fingerprint density at radius 3 is 2.12 bits per heavy atom. The molecule has 4 aromatic rings. The van der Waals surface area contributed by atoms with Gasteiger partial charge in [0.25, 0.3) is 5.09 Å². The molecular weight excluding hydrogens is 332 g/mol. The van der Waals surface area contributed by atoms with Gasteiger partial charge in [0.05, 0.1) is 11.0 Å². The third-order valence-electron chi connectivity index (χ3n) is 3.90. The summed E-state index contributed by atoms with van der Waals surface area (Å²) in [6.45, 7) is 0. The Morgan fingerprint density at radius 2 is 1.42 bits per heavy atom. The summed E-state index contributed by atoms with van der Waals surface area (Å²) in [5, 5.41) is 15.9. The summed E-state index contributed by atoms with van der Waals surface area (Å²) < 4.78 is 0. The van der Waals surface area contributed by atoms with Crippen molar-refractivity contribution in [2.45, 2.75) is 0 Å². The Hall–Kier alpha value is -3.87. The Balaban J connectivity index is 0.000000447. The molecule has 7 nitrogen and oxygen atoms in total. The van der Waals surface area contributed by atoms with Crippen LogP contribution >= 0.6 is 0 Å². The minimum atomic E-state index is -1.50. The lowest BCUT2D eigenvalue weighted by molar-refractivity contribution is -0.742. The van der Waals surface area contributed by atoms with E-state index in [2.05, 4.69) is 6.07 Å². The van der Waals surface area contributed by atoms with E-state index in [0.717, 1.165) is 38.7 Å². The average molecular weight is 348 g/mol. The number of fused-ring (bicyclic) bond motifs is 2. The Morgan fingerprint density at radius 1 is 0.846 bits per heavy atom. The molecule has 1 aromatic heterocycles. The quantitative estimate of drug-likeness (QED) is 0.207. The van der Waals surface area contributed by atoms with Gasteiger partial charge in [0, 0.05) is 27.7 Å². The van der Waals surface area contributed by atoms with Crippen molar-refractivity contribution in [1.29, 1.82) is 0 Å². The minimum absolute atomic E-state index is 0.721. The van der Waals surface area contributed by atoms with Crippen LogP contribution in [0.4, 0.5) is 11.4 Å². The molecule has 0 bridgehead atoms. The highest BCUT2D eigenvalue weighted by Gasteiger charge is 2.11. The summed E-state index contributed by atoms with van der Waals surface area (Å²) in [6, 6.07) is 22.0. The van der Waals surface area contributed by atoms with Gasteiger partial charge in [-0.25, -0.2) is 4.98 Å². The summed E-state index contributed by atoms with van der Waals surface area (Å²) in [5.41, 5.74) is 17.4. The van der Waals surface area contributed by atoms with Crippen LogP contribution in [0.25, 0.3) is 32.9 Å². The second-order valence-corrected chi connectivity index (χ2v) is 5.64. The number of rotatable bonds is 1. The van der Waals surface area contributed by atoms with Crippen molar-refractivity contribution >= 4 is 33.2 Å². The largest absolute Gasteiger partial charge is 0.399 e. The molecule has 26 heavy (non-hydrogen) atoms. The van der Waals surface area contributed by atoms with Gasteiger partial charge in [0.2, 0.25) is 0 Å². The van der Waals surface area contributed by atoms with Gasteiger partial charge in [-0.1, -0.05) is 36.4 Å². The molecule has 0 atom stereocenters. The van der Waals surface area contributed by atoms with E-state index in [9.17, 15) is 0 Å². The van der Waals surface area contributed by atoms with E-state index < -0.39 is 5.09 Å². The molecule has 0 fully saturated rings. The standard InChI is InChI=1S/C19H15N3.HNO3/c20-13-7-5-12(6-8-13)19-15-3-1-2-4-17(15)22-18-11-14(21)9-10-16(18)19;2-1(3)4/h1-11H,20-21H2;(H,2,3,4). The number of aromatic nitrogens is 1. The van der Waals surface area contributed by atoms with Crippen LogP contribution < -0.4 is 11.5 Å². The molecule has 3 aromatic carbocycles. The van der Waals surface area contributed by atoms with Crippen LogP contribution in [0.2, 0.25) is 0 Å². The number of nitrogens with zero attached hydrogens (tertiary/aromatic N) is 2. The second-order valence-electron chi connectivity index (χ2n) is 5.64. The number of nitrogen functional groups attached to an aromatic ring is 2. The zero-order valence-corrected chi connectivity index (χ0v) is 13.7. The molecule has 0 unspecified atom stereocenters. The number of hydrogen-bond acceptors (Lipinski definition) is 5. The molecule has 0 aliphatic carbocycles. The summed E-state index contributed by atoms with van der Waals surface area (Å²) in [5.74, 6) is 0. The van der Waals surface area contributed by atoms with E-state index in [-0.39, 0.29) is 0 Å². The van der Waals surface area contributed by atoms with Crippen molar-refractivity contribution in [2.24, 2.45) is 0 Å². The Kier molecular flexibility index (Phi) is 4.53. The monoisotopic (exact) mass is 348 g/mol. The average Bonchev–Trinajstić information content (AvgIpc) is 2.60. The molecule has 130 valence electrons. The van der Waals surface area contributed by atoms with E-state index in [1.807, 2.05) is 60.7 Å². The lowest BCUT2D eigenvalue weighted by Crippen LogP contribution is -1.92. The predicted molar refractivity (Wildman–Crippen MR) is 102 cm³/mol. The highest BCUT2D eigenvalue weighted by atomic mass is 16.9. The van der Waals surface area contributed by atoms with Gasteiger partial charge in [-0.05, 0) is 35.9 Å². The number of anilines is 2. The van der Waals surface area contributed by atoms with E-state index in [4.69, 9.17) is 31.8 Å². The normalized spacial score (nSPS) is 10.3. The third-order valence-corrected chi connectivity index (χ3v) is 3.90. The van der Waals surface area contributed by atoms with Crippen molar-refractivity contribution in [3.63, 3.8) is 0 Å². The zero-order chi connectivity index (χ0) is 18.7. The van der Waals surface area contributed by atoms with Gasteiger partial charge in [0.1, 0.15) is 0 Å². The Bertz CT molecular complexity index is 1090. The maximum absolute atomic E-state index is 8.36. The molecule has 0 saturated heterocycles. The number of pyridine rings is 1. The molecule has 5 N–H and O–H groups in total. The van der Waals surface area contributed by atoms with Crippen molar-refractivity contribution in [3.05, 3.63) is 76.8 Å². The van der Waals surface area contributed by atoms with Crippen molar-refractivity contribution < 1.29 is 10.3 Å². The van der Waals surface area contributed by atoms with Crippen LogP contribution in [-0.4, -0.2) is 15.3 Å². The van der Waals surface area contributed by atoms with Crippen molar-refractivity contribution in [3.8, 4) is 11.1 Å². The molecule has 0 saturated carbocycles. The van der Waals surface area contributed by atoms with Crippen LogP contribution in [0.15, 0.2) is 66.7 Å². The van der Waals surface area contributed by atoms with Crippen molar-refractivity contribution in [2.75, 3.05) is 11.5 Å². The molecule has 0 aliphatic rings. The third kappa shape index (κ3) is 3.46. The number of para-hydroxylation sites is 1. The lowest BCUT2D eigenvalue weighted by Gasteiger charge is -2.12. The number of hydrogen-bond donors (Lipinski definition) is 3. The molecule has 4 rings (SSSR count). The fourth-order valence-electron chi connectivity index (χ4n) is 2.87. The SMILES string of the molecule is Nc1ccc(-c2c3ccccc3nc3cc(N)ccc23)cc1.O=[N+]([O-])O. The number of nitrogens with two attached hydrogens (primary N) is 2. The topological polar surface area (TPSA) is 128 Å². The molecule has 1 heterocycles. The summed E-state index contributed by atoms with van der Waals surface area (Å²) in [6.07, 6.45) is 0. The fourth-order valence-corrected chi connectivity index (χ4v) is 2.87. The maximum Gasteiger partial charge on any atom is 0.291 e. The predicted octanol–water partition coefficient (Wildman–Crippen LogP) is 3.87. The van der Waals surface area contributed by atoms with Crippen LogP contribution in [0, 0.1) is 10.1 Å². The van der Waals surface area contributed by atoms with Gasteiger partial charge in [-0.3, -0.25) is 0 Å². The van der Waals surface area contributed by atoms with Crippen LogP contribution in [0.5, 0.6) is 0 Å². The van der Waals surface area contributed by atoms with Gasteiger partial charge < -0.3 is 16.7 Å². The second kappa shape index (κ2) is 6.94. The van der Waals surface area contributed by atoms with Crippen molar-refractivity contribution in [1.82, 2.24) is 4.98 Å². The molecule has 0 radical (unpaired) electrons. The molecule has 0 spiro atoms. The first-order chi connectivity index (χ1) is 12.5. The molecular formula is C19H16N4O3. The molecule has 7 heteroatoms. The summed E-state index contributed by atoms with van der Waals surface area (Å²) >= 11 is 0. The first-order valence-electron chi connectivity index (χ1n) is 7.73. The lowest BCUT2D eigenvalue weighted by atomic mass is 9.96. The highest BCUT2D eigenvalue weighted by Crippen LogP contribution is 2.35. The van der Waals surface area contributed by atoms with Crippen LogP contribution in [0.3, 0.4) is 0 Å². The smallest absolute Gasteiger partial charge is 0.291 e. The zero-order valence-electron chi connectivity index (χ0n) is 13.7. The first-order valence-corrected chi connectivity index (χ1v) is 7.73. The summed E-state index contributed by atoms with van der Waals surface area (Å²) in [4.78, 5) is 13.1. The number of benzene rings is 3. The van der Waals surface area contributed by atoms with E-state index in [0.29, 0.717) is 0 Å². The van der Waals surface area contributed by atoms with Gasteiger partial charge in [-0.15, -0.1) is 10.1 Å². The molecule has 0 aliphatic heterocycles. The first kappa shape index (κ1) is 17.0. The van der Waals surface area contributed by atoms with Gasteiger partial charge >= 0.3 is 0 Å². The van der Waals surface area contributed by atoms with Gasteiger partial charge in [0.15, 0.2) is 0 Å². The highest BCUT2D eigenvalue weighted by molar-refractivity contribution is 6.09. The van der Waals surface area contributed by atoms with E-state index >= 15 is 0 Å². The Labute approximate surface area is 148 Å². The van der Waals surface area contributed by atoms with Gasteiger partial charge in [-0.2, -0.15) is 0 Å². The van der Waals surface area contributed by atoms with Crippen LogP contribution in [0.1, 0.15) is 0 Å². The maximum atomic E-state index is 8.36. The minimum Gasteiger partial charge on any atom is -0.399 e. The summed E-state index contributed by atoms with van der Waals surface area (Å²) in [7, 11) is 0. The molecule has 0 amide bonds. The van der Waals surface area contributed by atoms with E-state index in [1.54, 1.807) is 0 Å². The fraction of sp³-hybridized carbons (Fsp3) is 0. The van der Waals surface area contributed by atoms with E-state index in [1.165, 1.54) is 5.56 Å².